The Bertz CT molecular complexity index is 292. The minimum absolute atomic E-state index is 0.418. The molecule has 2 saturated heterocycles. The van der Waals surface area contributed by atoms with E-state index in [9.17, 15) is 0 Å². The average molecular weight is 265 g/mol. The molecule has 2 aliphatic heterocycles. The van der Waals surface area contributed by atoms with Crippen molar-refractivity contribution in [1.82, 2.24) is 14.7 Å². The Morgan fingerprint density at radius 2 is 1.42 bits per heavy atom. The van der Waals surface area contributed by atoms with E-state index >= 15 is 0 Å². The van der Waals surface area contributed by atoms with Crippen LogP contribution in [0.1, 0.15) is 33.6 Å². The van der Waals surface area contributed by atoms with Crippen molar-refractivity contribution < 1.29 is 0 Å². The predicted octanol–water partition coefficient (Wildman–Crippen LogP) is 2.26. The van der Waals surface area contributed by atoms with Gasteiger partial charge in [-0.05, 0) is 18.3 Å². The van der Waals surface area contributed by atoms with Crippen molar-refractivity contribution in [3.8, 4) is 0 Å². The van der Waals surface area contributed by atoms with Crippen LogP contribution in [0.5, 0.6) is 0 Å². The Labute approximate surface area is 119 Å². The van der Waals surface area contributed by atoms with Gasteiger partial charge in [-0.25, -0.2) is 0 Å². The fraction of sp³-hybridized carbons (Fsp3) is 0.875. The van der Waals surface area contributed by atoms with Crippen LogP contribution in [0.25, 0.3) is 0 Å². The molecule has 0 saturated carbocycles. The van der Waals surface area contributed by atoms with E-state index in [-0.39, 0.29) is 0 Å². The summed E-state index contributed by atoms with van der Waals surface area (Å²) in [7, 11) is 0. The molecule has 0 atom stereocenters. The summed E-state index contributed by atoms with van der Waals surface area (Å²) in [6, 6.07) is 0. The van der Waals surface area contributed by atoms with Gasteiger partial charge in [0.15, 0.2) is 0 Å². The maximum absolute atomic E-state index is 4.28. The Balaban J connectivity index is 1.69. The minimum atomic E-state index is 0.418. The number of piperazine rings is 1. The maximum Gasteiger partial charge on any atom is 0.0378 e. The van der Waals surface area contributed by atoms with Gasteiger partial charge in [0, 0.05) is 58.1 Å². The molecule has 0 radical (unpaired) electrons. The van der Waals surface area contributed by atoms with Gasteiger partial charge in [-0.15, -0.1) is 0 Å². The summed E-state index contributed by atoms with van der Waals surface area (Å²) in [5, 5.41) is 0. The third-order valence-corrected chi connectivity index (χ3v) is 4.12. The van der Waals surface area contributed by atoms with Crippen LogP contribution in [0, 0.1) is 5.41 Å². The van der Waals surface area contributed by atoms with E-state index in [0.717, 1.165) is 6.54 Å². The highest BCUT2D eigenvalue weighted by Crippen LogP contribution is 2.18. The van der Waals surface area contributed by atoms with E-state index < -0.39 is 0 Å². The quantitative estimate of drug-likeness (QED) is 0.772. The van der Waals surface area contributed by atoms with Gasteiger partial charge < -0.3 is 9.80 Å². The van der Waals surface area contributed by atoms with Crippen molar-refractivity contribution in [2.24, 2.45) is 5.41 Å². The van der Waals surface area contributed by atoms with E-state index in [1.165, 1.54) is 64.4 Å². The fourth-order valence-electron chi connectivity index (χ4n) is 3.17. The van der Waals surface area contributed by atoms with Gasteiger partial charge in [-0.3, -0.25) is 4.90 Å². The van der Waals surface area contributed by atoms with Gasteiger partial charge in [0.1, 0.15) is 0 Å². The Morgan fingerprint density at radius 1 is 0.895 bits per heavy atom. The third kappa shape index (κ3) is 4.81. The monoisotopic (exact) mass is 265 g/mol. The molecule has 19 heavy (non-hydrogen) atoms. The van der Waals surface area contributed by atoms with Crippen LogP contribution in [0.4, 0.5) is 0 Å². The first-order chi connectivity index (χ1) is 8.94. The topological polar surface area (TPSA) is 9.72 Å². The summed E-state index contributed by atoms with van der Waals surface area (Å²) < 4.78 is 0. The Hall–Kier alpha value is -0.540. The lowest BCUT2D eigenvalue weighted by Crippen LogP contribution is -2.49. The molecule has 0 aromatic rings. The van der Waals surface area contributed by atoms with E-state index in [1.807, 2.05) is 0 Å². The molecule has 0 spiro atoms. The molecule has 0 unspecified atom stereocenters. The van der Waals surface area contributed by atoms with Crippen LogP contribution >= 0.6 is 0 Å². The van der Waals surface area contributed by atoms with Crippen LogP contribution in [-0.4, -0.2) is 67.1 Å². The lowest BCUT2D eigenvalue weighted by Gasteiger charge is -2.38. The maximum atomic E-state index is 4.28. The molecule has 0 aromatic heterocycles. The van der Waals surface area contributed by atoms with E-state index in [2.05, 4.69) is 42.0 Å². The van der Waals surface area contributed by atoms with Crippen molar-refractivity contribution in [2.45, 2.75) is 33.6 Å². The highest BCUT2D eigenvalue weighted by Gasteiger charge is 2.23. The van der Waals surface area contributed by atoms with Crippen molar-refractivity contribution in [3.63, 3.8) is 0 Å². The summed E-state index contributed by atoms with van der Waals surface area (Å²) in [6.45, 7) is 20.8. The second-order valence-electron chi connectivity index (χ2n) is 7.37. The van der Waals surface area contributed by atoms with Crippen LogP contribution < -0.4 is 0 Å². The van der Waals surface area contributed by atoms with Crippen molar-refractivity contribution in [1.29, 1.82) is 0 Å². The van der Waals surface area contributed by atoms with Crippen LogP contribution in [0.15, 0.2) is 12.3 Å². The molecular formula is C16H31N3. The predicted molar refractivity (Wildman–Crippen MR) is 82.3 cm³/mol. The smallest absolute Gasteiger partial charge is 0.0378 e. The van der Waals surface area contributed by atoms with Gasteiger partial charge in [0.25, 0.3) is 0 Å². The fourth-order valence-corrected chi connectivity index (χ4v) is 3.17. The van der Waals surface area contributed by atoms with Gasteiger partial charge >= 0.3 is 0 Å². The Kier molecular flexibility index (Phi) is 4.91. The third-order valence-electron chi connectivity index (χ3n) is 4.12. The molecule has 0 bridgehead atoms. The zero-order chi connectivity index (χ0) is 13.9. The van der Waals surface area contributed by atoms with E-state index in [0.29, 0.717) is 5.41 Å². The number of nitrogens with zero attached hydrogens (tertiary/aromatic N) is 3. The summed E-state index contributed by atoms with van der Waals surface area (Å²) in [6.07, 6.45) is 2.69. The number of hydrogen-bond acceptors (Lipinski definition) is 3. The molecule has 2 fully saturated rings. The lowest BCUT2D eigenvalue weighted by atomic mass is 9.96. The van der Waals surface area contributed by atoms with E-state index in [4.69, 9.17) is 0 Å². The Morgan fingerprint density at radius 3 is 1.95 bits per heavy atom. The molecular weight excluding hydrogens is 234 g/mol. The lowest BCUT2D eigenvalue weighted by molar-refractivity contribution is 0.104. The van der Waals surface area contributed by atoms with Gasteiger partial charge in [-0.2, -0.15) is 0 Å². The zero-order valence-corrected chi connectivity index (χ0v) is 13.1. The minimum Gasteiger partial charge on any atom is -0.374 e. The first-order valence-corrected chi connectivity index (χ1v) is 7.81. The molecule has 0 N–H and O–H groups in total. The second-order valence-corrected chi connectivity index (χ2v) is 7.37. The summed E-state index contributed by atoms with van der Waals surface area (Å²) >= 11 is 0. The summed E-state index contributed by atoms with van der Waals surface area (Å²) in [4.78, 5) is 7.65. The first-order valence-electron chi connectivity index (χ1n) is 7.81. The molecule has 2 heterocycles. The number of rotatable bonds is 4. The highest BCUT2D eigenvalue weighted by atomic mass is 15.3. The number of likely N-dealkylation sites (tertiary alicyclic amines) is 1. The molecule has 0 aliphatic carbocycles. The van der Waals surface area contributed by atoms with Crippen molar-refractivity contribution in [2.75, 3.05) is 52.4 Å². The standard InChI is InChI=1S/C16H31N3/c1-15(19-7-5-6-8-19)13-17-9-11-18(12-10-17)14-16(2,3)4/h1,5-14H2,2-4H3. The molecule has 0 amide bonds. The molecule has 110 valence electrons. The molecule has 2 aliphatic rings. The van der Waals surface area contributed by atoms with Gasteiger partial charge in [0.2, 0.25) is 0 Å². The normalized spacial score (nSPS) is 23.0. The van der Waals surface area contributed by atoms with Gasteiger partial charge in [0.05, 0.1) is 0 Å². The van der Waals surface area contributed by atoms with Crippen molar-refractivity contribution >= 4 is 0 Å². The molecule has 3 heteroatoms. The van der Waals surface area contributed by atoms with Gasteiger partial charge in [-0.1, -0.05) is 27.4 Å². The molecule has 3 nitrogen and oxygen atoms in total. The second kappa shape index (κ2) is 6.27. The first kappa shape index (κ1) is 14.9. The summed E-state index contributed by atoms with van der Waals surface area (Å²) in [5.41, 5.74) is 1.75. The van der Waals surface area contributed by atoms with Crippen LogP contribution in [-0.2, 0) is 0 Å². The van der Waals surface area contributed by atoms with Crippen LogP contribution in [0.2, 0.25) is 0 Å². The molecule has 2 rings (SSSR count). The average Bonchev–Trinajstić information content (AvgIpc) is 2.83. The SMILES string of the molecule is C=C(CN1CCN(CC(C)(C)C)CC1)N1CCCC1. The molecule has 0 aromatic carbocycles. The summed E-state index contributed by atoms with van der Waals surface area (Å²) in [5.74, 6) is 0. The van der Waals surface area contributed by atoms with E-state index in [1.54, 1.807) is 0 Å². The number of hydrogen-bond donors (Lipinski definition) is 0. The zero-order valence-electron chi connectivity index (χ0n) is 13.1. The highest BCUT2D eigenvalue weighted by molar-refractivity contribution is 4.99. The van der Waals surface area contributed by atoms with Crippen LogP contribution in [0.3, 0.4) is 0 Å². The van der Waals surface area contributed by atoms with Crippen molar-refractivity contribution in [3.05, 3.63) is 12.3 Å². The largest absolute Gasteiger partial charge is 0.374 e.